The molecular formula is C28H31F4NO6. The highest BCUT2D eigenvalue weighted by atomic mass is 19.4. The normalized spacial score (nSPS) is 28.1. The Morgan fingerprint density at radius 1 is 1.03 bits per heavy atom. The minimum absolute atomic E-state index is 0.0506. The van der Waals surface area contributed by atoms with Crippen LogP contribution in [0.4, 0.5) is 17.6 Å². The number of hydrogen-bond donors (Lipinski definition) is 1. The van der Waals surface area contributed by atoms with Crippen molar-refractivity contribution in [3.8, 4) is 5.75 Å². The number of carbonyl (C=O) groups is 1. The zero-order chi connectivity index (χ0) is 27.8. The lowest BCUT2D eigenvalue weighted by Gasteiger charge is -2.43. The van der Waals surface area contributed by atoms with Gasteiger partial charge in [0, 0.05) is 18.9 Å². The van der Waals surface area contributed by atoms with Gasteiger partial charge in [-0.1, -0.05) is 24.3 Å². The fourth-order valence-electron chi connectivity index (χ4n) is 5.09. The maximum absolute atomic E-state index is 13.6. The third-order valence-corrected chi connectivity index (χ3v) is 7.00. The fraction of sp³-hybridized carbons (Fsp3) is 0.536. The lowest BCUT2D eigenvalue weighted by Crippen LogP contribution is -2.60. The molecule has 1 amide bonds. The highest BCUT2D eigenvalue weighted by Crippen LogP contribution is 2.44. The van der Waals surface area contributed by atoms with Gasteiger partial charge in [-0.3, -0.25) is 4.79 Å². The summed E-state index contributed by atoms with van der Waals surface area (Å²) in [6.07, 6.45) is -4.42. The number of amides is 1. The highest BCUT2D eigenvalue weighted by molar-refractivity contribution is 5.86. The Bertz CT molecular complexity index is 1170. The van der Waals surface area contributed by atoms with Crippen LogP contribution in [0.3, 0.4) is 0 Å². The summed E-state index contributed by atoms with van der Waals surface area (Å²) >= 11 is 0. The van der Waals surface area contributed by atoms with Crippen molar-refractivity contribution in [3.05, 3.63) is 65.5 Å². The second kappa shape index (κ2) is 10.7. The van der Waals surface area contributed by atoms with E-state index in [1.165, 1.54) is 30.3 Å². The number of halogens is 4. The van der Waals surface area contributed by atoms with Gasteiger partial charge in [0.2, 0.25) is 0 Å². The molecule has 7 nitrogen and oxygen atoms in total. The summed E-state index contributed by atoms with van der Waals surface area (Å²) in [5, 5.41) is 3.04. The van der Waals surface area contributed by atoms with Gasteiger partial charge >= 0.3 is 6.36 Å². The molecule has 2 aromatic rings. The predicted molar refractivity (Wildman–Crippen MR) is 130 cm³/mol. The number of fused-ring (bicyclic) bond motifs is 1. The molecule has 0 spiro atoms. The first kappa shape index (κ1) is 27.8. The van der Waals surface area contributed by atoms with Crippen molar-refractivity contribution >= 4 is 5.91 Å². The van der Waals surface area contributed by atoms with E-state index in [2.05, 4.69) is 10.1 Å². The number of nitrogens with one attached hydrogen (secondary N) is 1. The van der Waals surface area contributed by atoms with Crippen LogP contribution in [0, 0.1) is 5.82 Å². The van der Waals surface area contributed by atoms with E-state index in [0.717, 1.165) is 12.8 Å². The van der Waals surface area contributed by atoms with Gasteiger partial charge in [0.15, 0.2) is 11.4 Å². The van der Waals surface area contributed by atoms with Crippen LogP contribution in [0.15, 0.2) is 48.5 Å². The minimum Gasteiger partial charge on any atom is -0.406 e. The maximum Gasteiger partial charge on any atom is 0.573 e. The second-order valence-electron chi connectivity index (χ2n) is 10.7. The molecule has 0 radical (unpaired) electrons. The quantitative estimate of drug-likeness (QED) is 0.433. The molecule has 3 fully saturated rings. The molecule has 1 N–H and O–H groups in total. The molecule has 0 bridgehead atoms. The third kappa shape index (κ3) is 7.08. The van der Waals surface area contributed by atoms with E-state index in [1.807, 2.05) is 0 Å². The van der Waals surface area contributed by atoms with Crippen LogP contribution in [-0.2, 0) is 37.0 Å². The summed E-state index contributed by atoms with van der Waals surface area (Å²) in [5.41, 5.74) is -0.175. The Morgan fingerprint density at radius 2 is 1.77 bits per heavy atom. The van der Waals surface area contributed by atoms with Crippen LogP contribution in [0.1, 0.15) is 50.7 Å². The molecule has 2 aromatic carbocycles. The Kier molecular flexibility index (Phi) is 7.62. The van der Waals surface area contributed by atoms with Gasteiger partial charge in [-0.25, -0.2) is 4.39 Å². The van der Waals surface area contributed by atoms with Crippen molar-refractivity contribution in [1.29, 1.82) is 0 Å². The largest absolute Gasteiger partial charge is 0.573 e. The lowest BCUT2D eigenvalue weighted by molar-refractivity contribution is -0.274. The van der Waals surface area contributed by atoms with E-state index in [4.69, 9.17) is 18.9 Å². The van der Waals surface area contributed by atoms with Gasteiger partial charge in [0.25, 0.3) is 5.91 Å². The smallest absolute Gasteiger partial charge is 0.406 e. The van der Waals surface area contributed by atoms with Crippen LogP contribution < -0.4 is 10.1 Å². The Balaban J connectivity index is 1.37. The third-order valence-electron chi connectivity index (χ3n) is 7.00. The number of carbonyl (C=O) groups excluding carboxylic acids is 1. The first-order chi connectivity index (χ1) is 18.4. The summed E-state index contributed by atoms with van der Waals surface area (Å²) < 4.78 is 80.3. The van der Waals surface area contributed by atoms with Gasteiger partial charge < -0.3 is 29.0 Å². The van der Waals surface area contributed by atoms with Crippen molar-refractivity contribution in [3.63, 3.8) is 0 Å². The Hall–Kier alpha value is -2.73. The molecule has 2 saturated carbocycles. The van der Waals surface area contributed by atoms with Gasteiger partial charge in [0.1, 0.15) is 17.7 Å². The Labute approximate surface area is 223 Å². The molecule has 212 valence electrons. The summed E-state index contributed by atoms with van der Waals surface area (Å²) in [5.74, 6) is -1.95. The van der Waals surface area contributed by atoms with Crippen LogP contribution in [0.2, 0.25) is 0 Å². The number of alkyl halides is 3. The van der Waals surface area contributed by atoms with E-state index < -0.39 is 36.1 Å². The minimum atomic E-state index is -4.81. The van der Waals surface area contributed by atoms with Crippen molar-refractivity contribution < 1.29 is 46.0 Å². The average Bonchev–Trinajstić information content (AvgIpc) is 3.61. The van der Waals surface area contributed by atoms with Crippen LogP contribution in [0.25, 0.3) is 0 Å². The van der Waals surface area contributed by atoms with Crippen LogP contribution in [-0.4, -0.2) is 48.0 Å². The second-order valence-corrected chi connectivity index (χ2v) is 10.7. The molecule has 1 aliphatic heterocycles. The topological polar surface area (TPSA) is 75.3 Å². The zero-order valence-corrected chi connectivity index (χ0v) is 21.6. The first-order valence-electron chi connectivity index (χ1n) is 12.9. The summed E-state index contributed by atoms with van der Waals surface area (Å²) in [6, 6.07) is 11.4. The molecule has 2 aliphatic carbocycles. The summed E-state index contributed by atoms with van der Waals surface area (Å²) in [6.45, 7) is 3.55. The monoisotopic (exact) mass is 553 g/mol. The maximum atomic E-state index is 13.6. The SMILES string of the molecule is CC1(C)O[C@@H]2C[C@@](OCc3ccc(F)cc3)(C(=O)NC3CC3)CC(OCc3cccc(OC(F)(F)F)c3)[C@@H]2O1. The standard InChI is InChI=1S/C28H31F4NO6/c1-26(2)38-23-14-27(25(34)33-20-10-11-20,36-16-17-6-8-19(29)9-7-17)13-22(24(23)39-26)35-15-18-4-3-5-21(12-18)37-28(30,31)32/h3-9,12,20,22-24H,10-11,13-16H2,1-2H3,(H,33,34)/t22?,23-,24+,27-/m1/s1. The van der Waals surface area contributed by atoms with Crippen molar-refractivity contribution in [1.82, 2.24) is 5.32 Å². The molecule has 39 heavy (non-hydrogen) atoms. The Morgan fingerprint density at radius 3 is 2.46 bits per heavy atom. The van der Waals surface area contributed by atoms with Gasteiger partial charge in [-0.2, -0.15) is 0 Å². The van der Waals surface area contributed by atoms with Crippen molar-refractivity contribution in [2.45, 2.75) is 94.8 Å². The molecular weight excluding hydrogens is 522 g/mol. The molecule has 1 heterocycles. The average molecular weight is 554 g/mol. The van der Waals surface area contributed by atoms with Crippen LogP contribution in [0.5, 0.6) is 5.75 Å². The van der Waals surface area contributed by atoms with E-state index in [-0.39, 0.29) is 49.6 Å². The summed E-state index contributed by atoms with van der Waals surface area (Å²) in [4.78, 5) is 13.6. The number of rotatable bonds is 9. The van der Waals surface area contributed by atoms with E-state index >= 15 is 0 Å². The number of ether oxygens (including phenoxy) is 5. The highest BCUT2D eigenvalue weighted by Gasteiger charge is 2.58. The molecule has 1 unspecified atom stereocenters. The summed E-state index contributed by atoms with van der Waals surface area (Å²) in [7, 11) is 0. The van der Waals surface area contributed by atoms with E-state index in [0.29, 0.717) is 11.1 Å². The van der Waals surface area contributed by atoms with Crippen LogP contribution >= 0.6 is 0 Å². The van der Waals surface area contributed by atoms with E-state index in [9.17, 15) is 22.4 Å². The molecule has 0 aromatic heterocycles. The van der Waals surface area contributed by atoms with E-state index in [1.54, 1.807) is 32.0 Å². The molecule has 11 heteroatoms. The zero-order valence-electron chi connectivity index (χ0n) is 21.6. The number of benzene rings is 2. The van der Waals surface area contributed by atoms with Gasteiger partial charge in [0.05, 0.1) is 25.4 Å². The molecule has 3 aliphatic rings. The van der Waals surface area contributed by atoms with Gasteiger partial charge in [-0.15, -0.1) is 13.2 Å². The lowest BCUT2D eigenvalue weighted by atomic mass is 9.78. The fourth-order valence-corrected chi connectivity index (χ4v) is 5.09. The predicted octanol–water partition coefficient (Wildman–Crippen LogP) is 5.16. The molecule has 5 rings (SSSR count). The van der Waals surface area contributed by atoms with Crippen molar-refractivity contribution in [2.75, 3.05) is 0 Å². The molecule has 4 atom stereocenters. The van der Waals surface area contributed by atoms with Gasteiger partial charge in [-0.05, 0) is 62.1 Å². The first-order valence-corrected chi connectivity index (χ1v) is 12.9. The van der Waals surface area contributed by atoms with Crippen molar-refractivity contribution in [2.24, 2.45) is 0 Å². The number of hydrogen-bond acceptors (Lipinski definition) is 6. The molecule has 1 saturated heterocycles.